The highest BCUT2D eigenvalue weighted by atomic mass is 79.9. The Hall–Kier alpha value is -0.580. The van der Waals surface area contributed by atoms with Gasteiger partial charge in [-0.15, -0.1) is 0 Å². The number of ether oxygens (including phenoxy) is 1. The first-order valence-corrected chi connectivity index (χ1v) is 8.61. The van der Waals surface area contributed by atoms with E-state index < -0.39 is 0 Å². The first-order valence-electron chi connectivity index (χ1n) is 7.82. The number of methoxy groups -OCH3 is 1. The van der Waals surface area contributed by atoms with Crippen LogP contribution in [0.2, 0.25) is 0 Å². The molecule has 1 fully saturated rings. The predicted molar refractivity (Wildman–Crippen MR) is 93.1 cm³/mol. The molecule has 2 unspecified atom stereocenters. The maximum Gasteiger partial charge on any atom is 0.0825 e. The summed E-state index contributed by atoms with van der Waals surface area (Å²) < 4.78 is 6.87. The molecule has 118 valence electrons. The van der Waals surface area contributed by atoms with E-state index in [2.05, 4.69) is 65.1 Å². The Balaban J connectivity index is 2.17. The fraction of sp³-hybridized carbons (Fsp3) is 0.647. The second-order valence-corrected chi connectivity index (χ2v) is 7.02. The van der Waals surface area contributed by atoms with Gasteiger partial charge >= 0.3 is 0 Å². The Labute approximate surface area is 137 Å². The van der Waals surface area contributed by atoms with Gasteiger partial charge in [0.2, 0.25) is 0 Å². The minimum absolute atomic E-state index is 0.0343. The van der Waals surface area contributed by atoms with E-state index in [-0.39, 0.29) is 5.60 Å². The quantitative estimate of drug-likeness (QED) is 0.860. The minimum atomic E-state index is -0.0343. The van der Waals surface area contributed by atoms with E-state index in [4.69, 9.17) is 4.74 Å². The molecule has 0 saturated carbocycles. The van der Waals surface area contributed by atoms with Crippen molar-refractivity contribution in [1.82, 2.24) is 5.32 Å². The molecule has 1 aliphatic heterocycles. The summed E-state index contributed by atoms with van der Waals surface area (Å²) in [5.41, 5.74) is 2.55. The van der Waals surface area contributed by atoms with Gasteiger partial charge < -0.3 is 15.0 Å². The lowest BCUT2D eigenvalue weighted by atomic mass is 9.94. The molecule has 0 bridgehead atoms. The molecule has 21 heavy (non-hydrogen) atoms. The van der Waals surface area contributed by atoms with Gasteiger partial charge in [0.05, 0.1) is 11.3 Å². The van der Waals surface area contributed by atoms with Crippen LogP contribution in [-0.4, -0.2) is 32.3 Å². The van der Waals surface area contributed by atoms with Crippen molar-refractivity contribution in [2.24, 2.45) is 0 Å². The molecule has 4 heteroatoms. The van der Waals surface area contributed by atoms with E-state index in [1.807, 2.05) is 7.11 Å². The summed E-state index contributed by atoms with van der Waals surface area (Å²) in [6, 6.07) is 7.08. The first-order chi connectivity index (χ1) is 9.99. The van der Waals surface area contributed by atoms with Crippen molar-refractivity contribution in [1.29, 1.82) is 0 Å². The van der Waals surface area contributed by atoms with Gasteiger partial charge in [-0.1, -0.05) is 13.0 Å². The van der Waals surface area contributed by atoms with Gasteiger partial charge in [0.15, 0.2) is 0 Å². The predicted octanol–water partition coefficient (Wildman–Crippen LogP) is 4.12. The molecule has 1 N–H and O–H groups in total. The molecule has 0 aromatic heterocycles. The molecular weight excluding hydrogens is 328 g/mol. The number of rotatable bonds is 5. The highest BCUT2D eigenvalue weighted by Crippen LogP contribution is 2.34. The zero-order valence-electron chi connectivity index (χ0n) is 13.6. The van der Waals surface area contributed by atoms with Crippen LogP contribution in [0.5, 0.6) is 0 Å². The van der Waals surface area contributed by atoms with E-state index in [0.717, 1.165) is 26.1 Å². The van der Waals surface area contributed by atoms with Crippen LogP contribution in [0.3, 0.4) is 0 Å². The maximum absolute atomic E-state index is 5.70. The van der Waals surface area contributed by atoms with Crippen LogP contribution < -0.4 is 10.2 Å². The van der Waals surface area contributed by atoms with Crippen LogP contribution in [-0.2, 0) is 4.74 Å². The highest BCUT2D eigenvalue weighted by molar-refractivity contribution is 9.10. The lowest BCUT2D eigenvalue weighted by molar-refractivity contribution is -0.00467. The lowest BCUT2D eigenvalue weighted by Crippen LogP contribution is -2.47. The van der Waals surface area contributed by atoms with Crippen molar-refractivity contribution in [2.75, 3.05) is 31.6 Å². The molecule has 1 aliphatic rings. The average molecular weight is 355 g/mol. The third-order valence-corrected chi connectivity index (χ3v) is 5.11. The second-order valence-electron chi connectivity index (χ2n) is 6.17. The standard InChI is InChI=1S/C17H27BrN2O/c1-5-19-13(2)14-7-8-16(15(18)11-14)20-10-6-9-17(3,12-20)21-4/h7-8,11,13,19H,5-6,9-10,12H2,1-4H3. The Morgan fingerprint density at radius 1 is 1.48 bits per heavy atom. The van der Waals surface area contributed by atoms with Crippen LogP contribution >= 0.6 is 15.9 Å². The fourth-order valence-electron chi connectivity index (χ4n) is 3.05. The SMILES string of the molecule is CCNC(C)c1ccc(N2CCCC(C)(OC)C2)c(Br)c1. The van der Waals surface area contributed by atoms with Crippen LogP contribution in [0.25, 0.3) is 0 Å². The fourth-order valence-corrected chi connectivity index (χ4v) is 3.70. The zero-order valence-corrected chi connectivity index (χ0v) is 15.2. The number of benzene rings is 1. The molecule has 0 radical (unpaired) electrons. The molecule has 0 spiro atoms. The minimum Gasteiger partial charge on any atom is -0.377 e. The van der Waals surface area contributed by atoms with Crippen molar-refractivity contribution < 1.29 is 4.74 Å². The molecule has 1 saturated heterocycles. The van der Waals surface area contributed by atoms with Gasteiger partial charge in [-0.3, -0.25) is 0 Å². The van der Waals surface area contributed by atoms with Crippen LogP contribution in [0.15, 0.2) is 22.7 Å². The summed E-state index contributed by atoms with van der Waals surface area (Å²) in [7, 11) is 1.82. The molecular formula is C17H27BrN2O. The van der Waals surface area contributed by atoms with Gasteiger partial charge in [-0.05, 0) is 66.9 Å². The van der Waals surface area contributed by atoms with Crippen LogP contribution in [0.4, 0.5) is 5.69 Å². The zero-order chi connectivity index (χ0) is 15.5. The largest absolute Gasteiger partial charge is 0.377 e. The summed E-state index contributed by atoms with van der Waals surface area (Å²) in [5.74, 6) is 0. The smallest absolute Gasteiger partial charge is 0.0825 e. The summed E-state index contributed by atoms with van der Waals surface area (Å²) in [6.45, 7) is 9.57. The number of piperidine rings is 1. The molecule has 1 aromatic carbocycles. The number of nitrogens with one attached hydrogen (secondary N) is 1. The van der Waals surface area contributed by atoms with Crippen molar-refractivity contribution in [3.8, 4) is 0 Å². The van der Waals surface area contributed by atoms with E-state index in [0.29, 0.717) is 6.04 Å². The summed E-state index contributed by atoms with van der Waals surface area (Å²) in [4.78, 5) is 2.43. The molecule has 1 heterocycles. The molecule has 2 rings (SSSR count). The van der Waals surface area contributed by atoms with Crippen LogP contribution in [0, 0.1) is 0 Å². The monoisotopic (exact) mass is 354 g/mol. The highest BCUT2D eigenvalue weighted by Gasteiger charge is 2.31. The first kappa shape index (κ1) is 16.8. The molecule has 2 atom stereocenters. The van der Waals surface area contributed by atoms with Crippen molar-refractivity contribution in [3.63, 3.8) is 0 Å². The number of anilines is 1. The molecule has 0 aliphatic carbocycles. The van der Waals surface area contributed by atoms with Crippen molar-refractivity contribution in [3.05, 3.63) is 28.2 Å². The molecule has 1 aromatic rings. The van der Waals surface area contributed by atoms with Crippen LogP contribution in [0.1, 0.15) is 45.2 Å². The topological polar surface area (TPSA) is 24.5 Å². The maximum atomic E-state index is 5.70. The summed E-state index contributed by atoms with van der Waals surface area (Å²) >= 11 is 3.75. The van der Waals surface area contributed by atoms with E-state index in [1.54, 1.807) is 0 Å². The summed E-state index contributed by atoms with van der Waals surface area (Å²) in [5, 5.41) is 3.46. The average Bonchev–Trinajstić information content (AvgIpc) is 2.47. The van der Waals surface area contributed by atoms with Gasteiger partial charge in [0, 0.05) is 30.7 Å². The van der Waals surface area contributed by atoms with Crippen molar-refractivity contribution in [2.45, 2.75) is 45.3 Å². The Kier molecular flexibility index (Phi) is 5.69. The number of halogens is 1. The number of nitrogens with zero attached hydrogens (tertiary/aromatic N) is 1. The van der Waals surface area contributed by atoms with Gasteiger partial charge in [0.25, 0.3) is 0 Å². The number of hydrogen-bond acceptors (Lipinski definition) is 3. The third-order valence-electron chi connectivity index (χ3n) is 4.47. The lowest BCUT2D eigenvalue weighted by Gasteiger charge is -2.41. The van der Waals surface area contributed by atoms with E-state index in [1.165, 1.54) is 22.1 Å². The van der Waals surface area contributed by atoms with E-state index in [9.17, 15) is 0 Å². The van der Waals surface area contributed by atoms with E-state index >= 15 is 0 Å². The number of hydrogen-bond donors (Lipinski definition) is 1. The normalized spacial score (nSPS) is 24.1. The Bertz CT molecular complexity index is 480. The molecule has 0 amide bonds. The molecule has 3 nitrogen and oxygen atoms in total. The third kappa shape index (κ3) is 3.99. The van der Waals surface area contributed by atoms with Crippen molar-refractivity contribution >= 4 is 21.6 Å². The Morgan fingerprint density at radius 2 is 2.24 bits per heavy atom. The second kappa shape index (κ2) is 7.12. The van der Waals surface area contributed by atoms with Gasteiger partial charge in [0.1, 0.15) is 0 Å². The summed E-state index contributed by atoms with van der Waals surface area (Å²) in [6.07, 6.45) is 2.31. The van der Waals surface area contributed by atoms with Gasteiger partial charge in [-0.25, -0.2) is 0 Å². The van der Waals surface area contributed by atoms with Gasteiger partial charge in [-0.2, -0.15) is 0 Å². The Morgan fingerprint density at radius 3 is 2.86 bits per heavy atom.